The molecule has 0 amide bonds. The summed E-state index contributed by atoms with van der Waals surface area (Å²) in [7, 11) is 3.49. The Labute approximate surface area is 185 Å². The minimum absolute atomic E-state index is 0. The number of rotatable bonds is 6. The highest BCUT2D eigenvalue weighted by atomic mass is 127. The number of nitrogens with one attached hydrogen (secondary N) is 2. The van der Waals surface area contributed by atoms with E-state index in [1.165, 1.54) is 24.1 Å². The second-order valence-corrected chi connectivity index (χ2v) is 6.89. The summed E-state index contributed by atoms with van der Waals surface area (Å²) in [4.78, 5) is 6.83. The average Bonchev–Trinajstić information content (AvgIpc) is 3.26. The molecule has 1 aliphatic rings. The van der Waals surface area contributed by atoms with Gasteiger partial charge in [0.25, 0.3) is 0 Å². The molecular formula is C22H31IN4O. The van der Waals surface area contributed by atoms with Crippen LogP contribution in [0.1, 0.15) is 36.9 Å². The van der Waals surface area contributed by atoms with E-state index in [1.807, 2.05) is 18.2 Å². The van der Waals surface area contributed by atoms with Gasteiger partial charge in [0.15, 0.2) is 5.96 Å². The molecule has 6 heteroatoms. The van der Waals surface area contributed by atoms with Crippen molar-refractivity contribution in [1.29, 1.82) is 0 Å². The van der Waals surface area contributed by atoms with E-state index >= 15 is 0 Å². The van der Waals surface area contributed by atoms with Crippen LogP contribution in [0.5, 0.6) is 5.75 Å². The van der Waals surface area contributed by atoms with E-state index in [4.69, 9.17) is 4.74 Å². The quantitative estimate of drug-likeness (QED) is 0.357. The maximum Gasteiger partial charge on any atom is 0.191 e. The van der Waals surface area contributed by atoms with Gasteiger partial charge in [0.05, 0.1) is 13.2 Å². The fourth-order valence-electron chi connectivity index (χ4n) is 3.48. The largest absolute Gasteiger partial charge is 0.496 e. The highest BCUT2D eigenvalue weighted by molar-refractivity contribution is 14.0. The van der Waals surface area contributed by atoms with Crippen LogP contribution in [0.4, 0.5) is 5.69 Å². The predicted molar refractivity (Wildman–Crippen MR) is 128 cm³/mol. The Morgan fingerprint density at radius 2 is 1.89 bits per heavy atom. The molecule has 0 aromatic heterocycles. The van der Waals surface area contributed by atoms with Crippen molar-refractivity contribution < 1.29 is 4.74 Å². The van der Waals surface area contributed by atoms with Gasteiger partial charge in [-0.1, -0.05) is 30.3 Å². The van der Waals surface area contributed by atoms with E-state index in [0.717, 1.165) is 30.4 Å². The summed E-state index contributed by atoms with van der Waals surface area (Å²) < 4.78 is 5.42. The van der Waals surface area contributed by atoms with Crippen molar-refractivity contribution in [1.82, 2.24) is 10.6 Å². The number of para-hydroxylation sites is 1. The van der Waals surface area contributed by atoms with Gasteiger partial charge in [-0.15, -0.1) is 24.0 Å². The Hall–Kier alpha value is -1.96. The first-order valence-electron chi connectivity index (χ1n) is 9.65. The van der Waals surface area contributed by atoms with Crippen molar-refractivity contribution in [3.63, 3.8) is 0 Å². The number of aliphatic imine (C=N–C) groups is 1. The lowest BCUT2D eigenvalue weighted by atomic mass is 10.1. The van der Waals surface area contributed by atoms with Crippen LogP contribution in [0.2, 0.25) is 0 Å². The highest BCUT2D eigenvalue weighted by Crippen LogP contribution is 2.24. The fraction of sp³-hybridized carbons (Fsp3) is 0.409. The third-order valence-electron chi connectivity index (χ3n) is 5.06. The first-order chi connectivity index (χ1) is 13.2. The first-order valence-corrected chi connectivity index (χ1v) is 9.65. The molecule has 1 fully saturated rings. The molecule has 28 heavy (non-hydrogen) atoms. The Morgan fingerprint density at radius 3 is 2.61 bits per heavy atom. The van der Waals surface area contributed by atoms with Crippen LogP contribution in [-0.4, -0.2) is 33.2 Å². The van der Waals surface area contributed by atoms with Crippen molar-refractivity contribution in [2.45, 2.75) is 32.4 Å². The van der Waals surface area contributed by atoms with Gasteiger partial charge in [0.2, 0.25) is 0 Å². The maximum absolute atomic E-state index is 5.42. The molecule has 0 bridgehead atoms. The molecule has 1 aliphatic heterocycles. The van der Waals surface area contributed by atoms with Gasteiger partial charge in [-0.25, -0.2) is 0 Å². The second-order valence-electron chi connectivity index (χ2n) is 6.89. The number of benzene rings is 2. The first kappa shape index (κ1) is 22.3. The van der Waals surface area contributed by atoms with Crippen LogP contribution >= 0.6 is 24.0 Å². The number of anilines is 1. The second kappa shape index (κ2) is 11.1. The van der Waals surface area contributed by atoms with Crippen LogP contribution < -0.4 is 20.3 Å². The molecule has 1 heterocycles. The predicted octanol–water partition coefficient (Wildman–Crippen LogP) is 4.34. The summed E-state index contributed by atoms with van der Waals surface area (Å²) in [6.07, 6.45) is 2.58. The lowest BCUT2D eigenvalue weighted by Crippen LogP contribution is -2.38. The van der Waals surface area contributed by atoms with E-state index in [9.17, 15) is 0 Å². The van der Waals surface area contributed by atoms with Gasteiger partial charge in [-0.2, -0.15) is 0 Å². The summed E-state index contributed by atoms with van der Waals surface area (Å²) in [6, 6.07) is 17.0. The molecule has 1 atom stereocenters. The molecule has 2 aromatic rings. The molecule has 0 aliphatic carbocycles. The van der Waals surface area contributed by atoms with Crippen LogP contribution in [-0.2, 0) is 6.54 Å². The van der Waals surface area contributed by atoms with E-state index in [2.05, 4.69) is 57.8 Å². The Kier molecular flexibility index (Phi) is 8.89. The number of ether oxygens (including phenoxy) is 1. The van der Waals surface area contributed by atoms with Gasteiger partial charge in [-0.3, -0.25) is 4.99 Å². The minimum Gasteiger partial charge on any atom is -0.496 e. The molecule has 0 spiro atoms. The molecule has 1 saturated heterocycles. The lowest BCUT2D eigenvalue weighted by Gasteiger charge is -2.22. The number of nitrogens with zero attached hydrogens (tertiary/aromatic N) is 2. The summed E-state index contributed by atoms with van der Waals surface area (Å²) in [5.41, 5.74) is 3.68. The summed E-state index contributed by atoms with van der Waals surface area (Å²) in [5, 5.41) is 6.87. The number of halogens is 1. The zero-order valence-electron chi connectivity index (χ0n) is 16.9. The van der Waals surface area contributed by atoms with Crippen LogP contribution in [0, 0.1) is 0 Å². The van der Waals surface area contributed by atoms with Gasteiger partial charge >= 0.3 is 0 Å². The SMILES string of the molecule is CN=C(NCc1ccccc1OC)NC(C)c1cccc(N2CCCC2)c1.I. The average molecular weight is 494 g/mol. The van der Waals surface area contributed by atoms with Crippen molar-refractivity contribution >= 4 is 35.6 Å². The van der Waals surface area contributed by atoms with E-state index in [0.29, 0.717) is 6.54 Å². The number of methoxy groups -OCH3 is 1. The summed E-state index contributed by atoms with van der Waals surface area (Å²) in [5.74, 6) is 1.66. The van der Waals surface area contributed by atoms with Crippen LogP contribution in [0.3, 0.4) is 0 Å². The van der Waals surface area contributed by atoms with Crippen LogP contribution in [0.25, 0.3) is 0 Å². The van der Waals surface area contributed by atoms with Crippen LogP contribution in [0.15, 0.2) is 53.5 Å². The molecule has 0 radical (unpaired) electrons. The number of guanidine groups is 1. The zero-order valence-corrected chi connectivity index (χ0v) is 19.3. The molecule has 5 nitrogen and oxygen atoms in total. The molecule has 3 rings (SSSR count). The van der Waals surface area contributed by atoms with Gasteiger partial charge in [-0.05, 0) is 43.5 Å². The van der Waals surface area contributed by atoms with E-state index < -0.39 is 0 Å². The van der Waals surface area contributed by atoms with E-state index in [1.54, 1.807) is 14.2 Å². The monoisotopic (exact) mass is 494 g/mol. The van der Waals surface area contributed by atoms with Crippen molar-refractivity contribution in [2.24, 2.45) is 4.99 Å². The molecule has 0 saturated carbocycles. The lowest BCUT2D eigenvalue weighted by molar-refractivity contribution is 0.409. The van der Waals surface area contributed by atoms with Gasteiger partial charge in [0.1, 0.15) is 5.75 Å². The standard InChI is InChI=1S/C22H30N4O.HI/c1-17(18-10-8-11-20(15-18)26-13-6-7-14-26)25-22(23-2)24-16-19-9-4-5-12-21(19)27-3;/h4-5,8-12,15,17H,6-7,13-14,16H2,1-3H3,(H2,23,24,25);1H. The Bertz CT molecular complexity index is 775. The highest BCUT2D eigenvalue weighted by Gasteiger charge is 2.14. The third kappa shape index (κ3) is 5.77. The van der Waals surface area contributed by atoms with Crippen molar-refractivity contribution in [3.8, 4) is 5.75 Å². The normalized spacial score (nSPS) is 15.0. The topological polar surface area (TPSA) is 48.9 Å². The molecular weight excluding hydrogens is 463 g/mol. The maximum atomic E-state index is 5.42. The number of hydrogen-bond acceptors (Lipinski definition) is 3. The van der Waals surface area contributed by atoms with Gasteiger partial charge < -0.3 is 20.3 Å². The number of hydrogen-bond donors (Lipinski definition) is 2. The molecule has 2 N–H and O–H groups in total. The molecule has 152 valence electrons. The third-order valence-corrected chi connectivity index (χ3v) is 5.06. The molecule has 2 aromatic carbocycles. The smallest absolute Gasteiger partial charge is 0.191 e. The Balaban J connectivity index is 0.00000280. The summed E-state index contributed by atoms with van der Waals surface area (Å²) >= 11 is 0. The molecule has 1 unspecified atom stereocenters. The van der Waals surface area contributed by atoms with E-state index in [-0.39, 0.29) is 30.0 Å². The Morgan fingerprint density at radius 1 is 1.14 bits per heavy atom. The van der Waals surface area contributed by atoms with Crippen molar-refractivity contribution in [3.05, 3.63) is 59.7 Å². The zero-order chi connectivity index (χ0) is 19.1. The van der Waals surface area contributed by atoms with Gasteiger partial charge in [0, 0.05) is 37.9 Å². The fourth-order valence-corrected chi connectivity index (χ4v) is 3.48. The van der Waals surface area contributed by atoms with Crippen molar-refractivity contribution in [2.75, 3.05) is 32.1 Å². The minimum atomic E-state index is 0. The summed E-state index contributed by atoms with van der Waals surface area (Å²) in [6.45, 7) is 5.14.